The molecule has 0 aliphatic carbocycles. The Morgan fingerprint density at radius 2 is 2.23 bits per heavy atom. The molecule has 4 heteroatoms. The van der Waals surface area contributed by atoms with Gasteiger partial charge in [0.15, 0.2) is 0 Å². The van der Waals surface area contributed by atoms with E-state index in [0.717, 1.165) is 6.08 Å². The number of likely N-dealkylation sites (N-methyl/N-ethyl adjacent to an activating group) is 1. The number of carbonyl (C=O) groups is 2. The molecule has 0 unspecified atom stereocenters. The maximum atomic E-state index is 12.2. The van der Waals surface area contributed by atoms with Crippen molar-refractivity contribution >= 4 is 12.2 Å². The molecule has 0 aromatic carbocycles. The van der Waals surface area contributed by atoms with Gasteiger partial charge in [-0.2, -0.15) is 0 Å². The van der Waals surface area contributed by atoms with Gasteiger partial charge in [-0.05, 0) is 13.0 Å². The number of hydrogen-bond donors (Lipinski definition) is 1. The van der Waals surface area contributed by atoms with Gasteiger partial charge in [0.05, 0.1) is 0 Å². The molecule has 0 fully saturated rings. The number of aldehydes is 1. The molecule has 0 aliphatic heterocycles. The normalized spacial score (nSPS) is 10.8. The van der Waals surface area contributed by atoms with E-state index in [1.165, 1.54) is 0 Å². The lowest BCUT2D eigenvalue weighted by Crippen LogP contribution is -2.25. The highest BCUT2D eigenvalue weighted by atomic mass is 19.1. The Morgan fingerprint density at radius 3 is 2.62 bits per heavy atom. The van der Waals surface area contributed by atoms with Crippen LogP contribution in [0.1, 0.15) is 6.92 Å². The van der Waals surface area contributed by atoms with Crippen molar-refractivity contribution in [1.82, 2.24) is 5.32 Å². The summed E-state index contributed by atoms with van der Waals surface area (Å²) in [4.78, 5) is 21.2. The highest BCUT2D eigenvalue weighted by Gasteiger charge is 2.07. The van der Waals surface area contributed by atoms with Crippen LogP contribution in [-0.2, 0) is 9.59 Å². The predicted octanol–water partition coefficient (Wildman–Crippen LogP) is 0.774. The maximum absolute atomic E-state index is 12.2. The van der Waals surface area contributed by atoms with E-state index in [0.29, 0.717) is 12.8 Å². The summed E-state index contributed by atoms with van der Waals surface area (Å²) in [6.45, 7) is 4.55. The fourth-order valence-electron chi connectivity index (χ4n) is 0.697. The van der Waals surface area contributed by atoms with Gasteiger partial charge in [0.2, 0.25) is 5.91 Å². The molecular formula is C9H12FNO2. The van der Waals surface area contributed by atoms with Gasteiger partial charge >= 0.3 is 0 Å². The Labute approximate surface area is 76.3 Å². The lowest BCUT2D eigenvalue weighted by atomic mass is 10.2. The summed E-state index contributed by atoms with van der Waals surface area (Å²) in [5, 5.41) is 2.42. The Kier molecular flexibility index (Phi) is 5.43. The van der Waals surface area contributed by atoms with E-state index in [4.69, 9.17) is 0 Å². The topological polar surface area (TPSA) is 46.2 Å². The monoisotopic (exact) mass is 185 g/mol. The third kappa shape index (κ3) is 4.20. The summed E-state index contributed by atoms with van der Waals surface area (Å²) < 4.78 is 12.2. The van der Waals surface area contributed by atoms with E-state index < -0.39 is 12.6 Å². The van der Waals surface area contributed by atoms with Crippen molar-refractivity contribution in [1.29, 1.82) is 0 Å². The number of carbonyl (C=O) groups excluding carboxylic acids is 2. The zero-order chi connectivity index (χ0) is 10.3. The zero-order valence-electron chi connectivity index (χ0n) is 7.47. The second-order valence-electron chi connectivity index (χ2n) is 2.36. The molecule has 0 aromatic heterocycles. The number of amides is 1. The standard InChI is InChI=1S/C9H12FNO2/c1-3-11-9(13)8(5-10)4-7(2)6-12/h4,6H,2-3,5H2,1H3,(H,11,13)/b8-4+. The van der Waals surface area contributed by atoms with Crippen LogP contribution in [0, 0.1) is 0 Å². The molecule has 0 bridgehead atoms. The van der Waals surface area contributed by atoms with Crippen LogP contribution in [0.25, 0.3) is 0 Å². The van der Waals surface area contributed by atoms with Gasteiger partial charge < -0.3 is 5.32 Å². The molecule has 1 N–H and O–H groups in total. The quantitative estimate of drug-likeness (QED) is 0.390. The maximum Gasteiger partial charge on any atom is 0.249 e. The van der Waals surface area contributed by atoms with Crippen LogP contribution < -0.4 is 5.32 Å². The van der Waals surface area contributed by atoms with Crippen molar-refractivity contribution in [3.8, 4) is 0 Å². The van der Waals surface area contributed by atoms with E-state index in [9.17, 15) is 14.0 Å². The first-order valence-corrected chi connectivity index (χ1v) is 3.84. The van der Waals surface area contributed by atoms with Crippen molar-refractivity contribution in [2.45, 2.75) is 6.92 Å². The molecule has 0 rings (SSSR count). The Bertz CT molecular complexity index is 246. The van der Waals surface area contributed by atoms with Gasteiger partial charge in [0, 0.05) is 17.7 Å². The SMILES string of the molecule is C=C(C=O)/C=C(\CF)C(=O)NCC. The van der Waals surface area contributed by atoms with E-state index in [1.807, 2.05) is 0 Å². The predicted molar refractivity (Wildman–Crippen MR) is 47.9 cm³/mol. The average molecular weight is 185 g/mol. The molecule has 0 heterocycles. The first-order chi connectivity index (χ1) is 6.15. The summed E-state index contributed by atoms with van der Waals surface area (Å²) >= 11 is 0. The molecule has 0 saturated heterocycles. The number of hydrogen-bond acceptors (Lipinski definition) is 2. The van der Waals surface area contributed by atoms with Crippen molar-refractivity contribution in [2.24, 2.45) is 0 Å². The second kappa shape index (κ2) is 6.11. The number of nitrogens with one attached hydrogen (secondary N) is 1. The molecular weight excluding hydrogens is 173 g/mol. The van der Waals surface area contributed by atoms with E-state index in [1.54, 1.807) is 6.92 Å². The number of rotatable bonds is 5. The van der Waals surface area contributed by atoms with Gasteiger partial charge in [-0.15, -0.1) is 0 Å². The molecule has 0 aromatic rings. The van der Waals surface area contributed by atoms with Crippen molar-refractivity contribution < 1.29 is 14.0 Å². The highest BCUT2D eigenvalue weighted by Crippen LogP contribution is 2.00. The number of alkyl halides is 1. The van der Waals surface area contributed by atoms with E-state index in [-0.39, 0.29) is 11.1 Å². The minimum absolute atomic E-state index is 0.0823. The van der Waals surface area contributed by atoms with E-state index in [2.05, 4.69) is 11.9 Å². The smallest absolute Gasteiger partial charge is 0.249 e. The lowest BCUT2D eigenvalue weighted by Gasteiger charge is -2.02. The Hall–Kier alpha value is -1.45. The first kappa shape index (κ1) is 11.6. The minimum atomic E-state index is -0.904. The molecule has 72 valence electrons. The van der Waals surface area contributed by atoms with Crippen LogP contribution in [0.15, 0.2) is 23.8 Å². The molecule has 0 atom stereocenters. The minimum Gasteiger partial charge on any atom is -0.353 e. The zero-order valence-corrected chi connectivity index (χ0v) is 7.47. The van der Waals surface area contributed by atoms with Crippen molar-refractivity contribution in [2.75, 3.05) is 13.2 Å². The molecule has 0 aliphatic rings. The van der Waals surface area contributed by atoms with E-state index >= 15 is 0 Å². The van der Waals surface area contributed by atoms with Gasteiger partial charge in [-0.1, -0.05) is 6.58 Å². The van der Waals surface area contributed by atoms with Crippen molar-refractivity contribution in [3.63, 3.8) is 0 Å². The molecule has 0 saturated carbocycles. The lowest BCUT2D eigenvalue weighted by molar-refractivity contribution is -0.117. The molecule has 13 heavy (non-hydrogen) atoms. The fraction of sp³-hybridized carbons (Fsp3) is 0.333. The Balaban J connectivity index is 4.48. The van der Waals surface area contributed by atoms with Crippen LogP contribution >= 0.6 is 0 Å². The van der Waals surface area contributed by atoms with Gasteiger partial charge in [-0.3, -0.25) is 9.59 Å². The fourth-order valence-corrected chi connectivity index (χ4v) is 0.697. The highest BCUT2D eigenvalue weighted by molar-refractivity contribution is 5.95. The van der Waals surface area contributed by atoms with Crippen LogP contribution in [0.5, 0.6) is 0 Å². The third-order valence-corrected chi connectivity index (χ3v) is 1.28. The number of allylic oxidation sites excluding steroid dienone is 2. The molecule has 3 nitrogen and oxygen atoms in total. The van der Waals surface area contributed by atoms with Crippen LogP contribution in [0.2, 0.25) is 0 Å². The largest absolute Gasteiger partial charge is 0.353 e. The van der Waals surface area contributed by atoms with Crippen molar-refractivity contribution in [3.05, 3.63) is 23.8 Å². The molecule has 0 spiro atoms. The number of halogens is 1. The summed E-state index contributed by atoms with van der Waals surface area (Å²) in [7, 11) is 0. The summed E-state index contributed by atoms with van der Waals surface area (Å²) in [6, 6.07) is 0. The second-order valence-corrected chi connectivity index (χ2v) is 2.36. The molecule has 1 amide bonds. The average Bonchev–Trinajstić information content (AvgIpc) is 2.14. The van der Waals surface area contributed by atoms with Gasteiger partial charge in [0.25, 0.3) is 0 Å². The summed E-state index contributed by atoms with van der Waals surface area (Å²) in [6.07, 6.45) is 1.60. The summed E-state index contributed by atoms with van der Waals surface area (Å²) in [5.41, 5.74) is -0.00199. The third-order valence-electron chi connectivity index (χ3n) is 1.28. The first-order valence-electron chi connectivity index (χ1n) is 3.84. The van der Waals surface area contributed by atoms with Crippen LogP contribution in [0.3, 0.4) is 0 Å². The van der Waals surface area contributed by atoms with Gasteiger partial charge in [-0.25, -0.2) is 4.39 Å². The van der Waals surface area contributed by atoms with Crippen LogP contribution in [0.4, 0.5) is 4.39 Å². The summed E-state index contributed by atoms with van der Waals surface area (Å²) in [5.74, 6) is -0.506. The molecule has 0 radical (unpaired) electrons. The Morgan fingerprint density at radius 1 is 1.62 bits per heavy atom. The van der Waals surface area contributed by atoms with Crippen LogP contribution in [-0.4, -0.2) is 25.4 Å². The van der Waals surface area contributed by atoms with Gasteiger partial charge in [0.1, 0.15) is 13.0 Å².